The number of thiazole rings is 1. The molecule has 3 fully saturated rings. The molecule has 20 heteroatoms. The largest absolute Gasteiger partial charge is 0.495 e. The maximum atomic E-state index is 14.8. The minimum Gasteiger partial charge on any atom is -0.495 e. The van der Waals surface area contributed by atoms with Crippen molar-refractivity contribution in [1.82, 2.24) is 30.2 Å². The van der Waals surface area contributed by atoms with E-state index in [0.29, 0.717) is 50.7 Å². The number of aliphatic hydroxyl groups is 1. The molecule has 4 N–H and O–H groups in total. The number of aromatic nitrogens is 2. The molecule has 5 unspecified atom stereocenters. The lowest BCUT2D eigenvalue weighted by Crippen LogP contribution is -2.60. The number of ether oxygens (including phenoxy) is 3. The van der Waals surface area contributed by atoms with Crippen molar-refractivity contribution in [3.05, 3.63) is 47.1 Å². The maximum absolute atomic E-state index is 14.8. The normalized spacial score (nSPS) is 22.1. The van der Waals surface area contributed by atoms with Gasteiger partial charge in [-0.2, -0.15) is 0 Å². The first kappa shape index (κ1) is 46.0. The van der Waals surface area contributed by atoms with Crippen molar-refractivity contribution >= 4 is 78.8 Å². The SMILES string of the molecule is C=CC1CC1(NC(=O)C1CC(Oc2cc(-c3cnc(C(C)(C)O)s3)nc3c2oc2ccc(OC)c(Cl)c23)CN1C(=O)C(NC(=O)OC(C)(C)C)C(C)(C)C)C(=O)NS(=O)(=O)C1CC1. The van der Waals surface area contributed by atoms with Gasteiger partial charge in [-0.3, -0.25) is 19.1 Å². The average molecular weight is 930 g/mol. The highest BCUT2D eigenvalue weighted by molar-refractivity contribution is 7.91. The number of hydrogen-bond donors (Lipinski definition) is 4. The number of nitrogens with zero attached hydrogens (tertiary/aromatic N) is 3. The summed E-state index contributed by atoms with van der Waals surface area (Å²) in [6.07, 6.45) is 2.15. The summed E-state index contributed by atoms with van der Waals surface area (Å²) in [5, 5.41) is 16.6. The van der Waals surface area contributed by atoms with Crippen LogP contribution in [0, 0.1) is 11.3 Å². The van der Waals surface area contributed by atoms with E-state index in [2.05, 4.69) is 26.9 Å². The lowest BCUT2D eigenvalue weighted by Gasteiger charge is -2.36. The Morgan fingerprint density at radius 1 is 1.11 bits per heavy atom. The first-order valence-electron chi connectivity index (χ1n) is 20.5. The molecule has 4 heterocycles. The fourth-order valence-electron chi connectivity index (χ4n) is 7.59. The van der Waals surface area contributed by atoms with E-state index < -0.39 is 85.3 Å². The molecule has 0 spiro atoms. The highest BCUT2D eigenvalue weighted by Gasteiger charge is 2.62. The number of likely N-dealkylation sites (tertiary alicyclic amines) is 1. The van der Waals surface area contributed by atoms with Gasteiger partial charge in [-0.1, -0.05) is 38.4 Å². The number of furan rings is 1. The van der Waals surface area contributed by atoms with Gasteiger partial charge in [0.1, 0.15) is 56.8 Å². The molecule has 2 aliphatic carbocycles. The van der Waals surface area contributed by atoms with Crippen molar-refractivity contribution in [3.8, 4) is 22.1 Å². The van der Waals surface area contributed by atoms with Gasteiger partial charge in [0.25, 0.3) is 5.91 Å². The molecule has 1 aromatic carbocycles. The van der Waals surface area contributed by atoms with Crippen LogP contribution in [-0.2, 0) is 34.7 Å². The third kappa shape index (κ3) is 9.33. The topological polar surface area (TPSA) is 229 Å². The van der Waals surface area contributed by atoms with Crippen molar-refractivity contribution in [3.63, 3.8) is 0 Å². The Bertz CT molecular complexity index is 2620. The van der Waals surface area contributed by atoms with Crippen LogP contribution >= 0.6 is 22.9 Å². The molecule has 4 amide bonds. The zero-order chi connectivity index (χ0) is 46.2. The summed E-state index contributed by atoms with van der Waals surface area (Å²) < 4.78 is 51.9. The summed E-state index contributed by atoms with van der Waals surface area (Å²) in [5.41, 5.74) is -3.33. The molecule has 7 rings (SSSR count). The molecular formula is C43H53ClN6O11S2. The first-order chi connectivity index (χ1) is 29.3. The lowest BCUT2D eigenvalue weighted by atomic mass is 9.85. The van der Waals surface area contributed by atoms with E-state index in [-0.39, 0.29) is 35.7 Å². The van der Waals surface area contributed by atoms with Crippen LogP contribution in [0.5, 0.6) is 11.5 Å². The number of alkyl carbamates (subject to hydrolysis) is 1. The average Bonchev–Trinajstić information content (AvgIpc) is 3.99. The number of carbonyl (C=O) groups is 4. The number of rotatable bonds is 13. The van der Waals surface area contributed by atoms with Crippen LogP contribution in [0.3, 0.4) is 0 Å². The minimum atomic E-state index is -3.97. The molecule has 0 radical (unpaired) electrons. The zero-order valence-electron chi connectivity index (χ0n) is 36.6. The number of fused-ring (bicyclic) bond motifs is 3. The van der Waals surface area contributed by atoms with Crippen molar-refractivity contribution < 1.29 is 51.3 Å². The summed E-state index contributed by atoms with van der Waals surface area (Å²) in [7, 11) is -2.48. The highest BCUT2D eigenvalue weighted by Crippen LogP contribution is 2.47. The van der Waals surface area contributed by atoms with Gasteiger partial charge in [-0.05, 0) is 71.4 Å². The van der Waals surface area contributed by atoms with E-state index in [4.69, 9.17) is 35.2 Å². The lowest BCUT2D eigenvalue weighted by molar-refractivity contribution is -0.143. The molecule has 17 nitrogen and oxygen atoms in total. The van der Waals surface area contributed by atoms with E-state index in [9.17, 15) is 32.7 Å². The summed E-state index contributed by atoms with van der Waals surface area (Å²) in [6, 6.07) is 2.50. The molecule has 2 saturated carbocycles. The number of hydrogen-bond acceptors (Lipinski definition) is 14. The summed E-state index contributed by atoms with van der Waals surface area (Å²) in [5.74, 6) is -2.28. The number of nitrogens with one attached hydrogen (secondary N) is 3. The van der Waals surface area contributed by atoms with Gasteiger partial charge in [-0.25, -0.2) is 23.2 Å². The highest BCUT2D eigenvalue weighted by atomic mass is 35.5. The summed E-state index contributed by atoms with van der Waals surface area (Å²) in [4.78, 5) is 67.5. The Morgan fingerprint density at radius 3 is 2.38 bits per heavy atom. The van der Waals surface area contributed by atoms with Gasteiger partial charge in [-0.15, -0.1) is 17.9 Å². The monoisotopic (exact) mass is 928 g/mol. The van der Waals surface area contributed by atoms with Crippen LogP contribution < -0.4 is 24.8 Å². The van der Waals surface area contributed by atoms with E-state index in [1.54, 1.807) is 79.8 Å². The number of benzene rings is 1. The second-order valence-electron chi connectivity index (χ2n) is 18.9. The predicted octanol–water partition coefficient (Wildman–Crippen LogP) is 5.95. The number of carbonyl (C=O) groups excluding carboxylic acids is 4. The standard InChI is InChI=1S/C43H53ClN6O11S2/c1-11-21-18-43(21,37(53)49-63(56,57)23-12-13-23)48-35(51)25-16-22(20-50(25)36(52)34(40(2,3)4)47-39(54)61-41(5,6)7)59-28-17-24(29-19-45-38(62-29)42(8,9)55)46-32-30-26(60-33(28)32)14-15-27(58-10)31(30)44/h11,14-15,17,19,21-23,25,34,55H,1,12-13,16,18,20H2,2-10H3,(H,47,54)(H,48,51)(H,49,53). The minimum absolute atomic E-state index is 0.0869. The summed E-state index contributed by atoms with van der Waals surface area (Å²) in [6.45, 7) is 17.2. The molecule has 5 atom stereocenters. The van der Waals surface area contributed by atoms with E-state index in [1.807, 2.05) is 0 Å². The molecule has 340 valence electrons. The predicted molar refractivity (Wildman–Crippen MR) is 236 cm³/mol. The van der Waals surface area contributed by atoms with Crippen molar-refractivity contribution in [1.29, 1.82) is 0 Å². The Hall–Kier alpha value is -4.98. The molecule has 3 aromatic heterocycles. The number of halogens is 1. The Morgan fingerprint density at radius 2 is 1.81 bits per heavy atom. The summed E-state index contributed by atoms with van der Waals surface area (Å²) >= 11 is 8.07. The molecule has 0 bridgehead atoms. The van der Waals surface area contributed by atoms with E-state index >= 15 is 0 Å². The van der Waals surface area contributed by atoms with Gasteiger partial charge in [0.05, 0.1) is 39.9 Å². The Labute approximate surface area is 374 Å². The Balaban J connectivity index is 1.28. The number of pyridine rings is 1. The van der Waals surface area contributed by atoms with Crippen LogP contribution in [0.2, 0.25) is 5.02 Å². The van der Waals surface area contributed by atoms with Crippen LogP contribution in [0.1, 0.15) is 86.1 Å². The molecular weight excluding hydrogens is 876 g/mol. The quantitative estimate of drug-likeness (QED) is 0.114. The number of amides is 4. The second-order valence-corrected chi connectivity index (χ2v) is 22.3. The smallest absolute Gasteiger partial charge is 0.408 e. The molecule has 3 aliphatic rings. The molecule has 1 saturated heterocycles. The van der Waals surface area contributed by atoms with Crippen molar-refractivity contribution in [2.24, 2.45) is 11.3 Å². The van der Waals surface area contributed by atoms with Gasteiger partial charge in [0, 0.05) is 24.6 Å². The van der Waals surface area contributed by atoms with Crippen LogP contribution in [-0.4, -0.2) is 100 Å². The van der Waals surface area contributed by atoms with Gasteiger partial charge >= 0.3 is 6.09 Å². The third-order valence-electron chi connectivity index (χ3n) is 11.1. The van der Waals surface area contributed by atoms with Crippen molar-refractivity contribution in [2.75, 3.05) is 13.7 Å². The fraction of sp³-hybridized carbons (Fsp3) is 0.535. The Kier molecular flexibility index (Phi) is 11.9. The van der Waals surface area contributed by atoms with Crippen LogP contribution in [0.4, 0.5) is 4.79 Å². The van der Waals surface area contributed by atoms with Gasteiger partial charge < -0.3 is 39.3 Å². The van der Waals surface area contributed by atoms with Crippen LogP contribution in [0.15, 0.2) is 41.5 Å². The number of sulfonamides is 1. The van der Waals surface area contributed by atoms with E-state index in [0.717, 1.165) is 0 Å². The van der Waals surface area contributed by atoms with E-state index in [1.165, 1.54) is 29.4 Å². The van der Waals surface area contributed by atoms with Crippen molar-refractivity contribution in [2.45, 2.75) is 121 Å². The first-order valence-corrected chi connectivity index (χ1v) is 23.3. The van der Waals surface area contributed by atoms with Gasteiger partial charge in [0.15, 0.2) is 11.3 Å². The molecule has 63 heavy (non-hydrogen) atoms. The maximum Gasteiger partial charge on any atom is 0.408 e. The fourth-order valence-corrected chi connectivity index (χ4v) is 10.2. The zero-order valence-corrected chi connectivity index (χ0v) is 39.0. The second kappa shape index (κ2) is 16.2. The molecule has 4 aromatic rings. The van der Waals surface area contributed by atoms with Gasteiger partial charge in [0.2, 0.25) is 21.8 Å². The van der Waals surface area contributed by atoms with Crippen LogP contribution in [0.25, 0.3) is 32.6 Å². The number of methoxy groups -OCH3 is 1. The third-order valence-corrected chi connectivity index (χ3v) is 14.6. The molecule has 1 aliphatic heterocycles.